The van der Waals surface area contributed by atoms with Crippen molar-refractivity contribution in [3.8, 4) is 0 Å². The summed E-state index contributed by atoms with van der Waals surface area (Å²) in [6.45, 7) is 5.96. The maximum atomic E-state index is 5.90. The first-order chi connectivity index (χ1) is 11.2. The molecule has 0 amide bonds. The monoisotopic (exact) mass is 310 g/mol. The Morgan fingerprint density at radius 1 is 1.26 bits per heavy atom. The third kappa shape index (κ3) is 2.77. The highest BCUT2D eigenvalue weighted by atomic mass is 16.3. The number of hydrogen-bond acceptors (Lipinski definition) is 4. The fourth-order valence-electron chi connectivity index (χ4n) is 3.30. The van der Waals surface area contributed by atoms with Crippen LogP contribution in [0.25, 0.3) is 11.0 Å². The van der Waals surface area contributed by atoms with Gasteiger partial charge in [-0.05, 0) is 44.9 Å². The lowest BCUT2D eigenvalue weighted by molar-refractivity contribution is 0.442. The summed E-state index contributed by atoms with van der Waals surface area (Å²) < 4.78 is 8.17. The Kier molecular flexibility index (Phi) is 3.65. The topological polar surface area (TPSA) is 55.9 Å². The van der Waals surface area contributed by atoms with Crippen LogP contribution < -0.4 is 5.32 Å². The summed E-state index contributed by atoms with van der Waals surface area (Å²) in [4.78, 5) is 0. The summed E-state index contributed by atoms with van der Waals surface area (Å²) in [5.74, 6) is 3.11. The van der Waals surface area contributed by atoms with Crippen LogP contribution in [0.5, 0.6) is 0 Å². The van der Waals surface area contributed by atoms with Crippen molar-refractivity contribution in [1.29, 1.82) is 0 Å². The van der Waals surface area contributed by atoms with Crippen LogP contribution in [0.15, 0.2) is 28.7 Å². The molecule has 2 aromatic heterocycles. The van der Waals surface area contributed by atoms with Crippen molar-refractivity contribution in [2.24, 2.45) is 0 Å². The van der Waals surface area contributed by atoms with Gasteiger partial charge in [0.15, 0.2) is 0 Å². The van der Waals surface area contributed by atoms with Gasteiger partial charge in [0.05, 0.1) is 12.6 Å². The highest BCUT2D eigenvalue weighted by molar-refractivity contribution is 5.78. The van der Waals surface area contributed by atoms with Crippen LogP contribution in [0.3, 0.4) is 0 Å². The maximum absolute atomic E-state index is 5.90. The average molecular weight is 310 g/mol. The lowest BCUT2D eigenvalue weighted by Gasteiger charge is -2.18. The highest BCUT2D eigenvalue weighted by Gasteiger charge is 2.20. The summed E-state index contributed by atoms with van der Waals surface area (Å²) in [5, 5.41) is 13.4. The molecule has 1 aromatic carbocycles. The van der Waals surface area contributed by atoms with Crippen molar-refractivity contribution >= 4 is 11.0 Å². The second kappa shape index (κ2) is 5.81. The summed E-state index contributed by atoms with van der Waals surface area (Å²) in [7, 11) is 0. The van der Waals surface area contributed by atoms with Gasteiger partial charge in [-0.25, -0.2) is 0 Å². The fourth-order valence-corrected chi connectivity index (χ4v) is 3.30. The molecule has 3 aromatic rings. The molecule has 0 unspecified atom stereocenters. The minimum absolute atomic E-state index is 0.157. The summed E-state index contributed by atoms with van der Waals surface area (Å²) in [6, 6.07) is 8.53. The molecule has 23 heavy (non-hydrogen) atoms. The number of aromatic nitrogens is 3. The smallest absolute Gasteiger partial charge is 0.149 e. The molecular weight excluding hydrogens is 288 g/mol. The van der Waals surface area contributed by atoms with Crippen LogP contribution in [-0.4, -0.2) is 14.8 Å². The van der Waals surface area contributed by atoms with Gasteiger partial charge in [0, 0.05) is 18.4 Å². The zero-order chi connectivity index (χ0) is 15.8. The third-order valence-electron chi connectivity index (χ3n) is 4.58. The fraction of sp³-hybridized carbons (Fsp3) is 0.444. The van der Waals surface area contributed by atoms with Gasteiger partial charge in [-0.15, -0.1) is 10.2 Å². The number of furan rings is 1. The summed E-state index contributed by atoms with van der Waals surface area (Å²) >= 11 is 0. The Balaban J connectivity index is 1.48. The average Bonchev–Trinajstić information content (AvgIpc) is 3.15. The highest BCUT2D eigenvalue weighted by Crippen LogP contribution is 2.22. The predicted molar refractivity (Wildman–Crippen MR) is 89.2 cm³/mol. The molecule has 1 aliphatic rings. The van der Waals surface area contributed by atoms with Crippen molar-refractivity contribution in [3.63, 3.8) is 0 Å². The first kappa shape index (κ1) is 14.5. The van der Waals surface area contributed by atoms with Gasteiger partial charge in [0.25, 0.3) is 0 Å². The molecule has 4 rings (SSSR count). The van der Waals surface area contributed by atoms with E-state index in [2.05, 4.69) is 52.1 Å². The Morgan fingerprint density at radius 3 is 3.09 bits per heavy atom. The molecule has 0 saturated heterocycles. The van der Waals surface area contributed by atoms with Gasteiger partial charge >= 0.3 is 0 Å². The van der Waals surface area contributed by atoms with E-state index in [1.165, 1.54) is 18.4 Å². The van der Waals surface area contributed by atoms with E-state index in [0.29, 0.717) is 6.54 Å². The van der Waals surface area contributed by atoms with E-state index in [4.69, 9.17) is 4.42 Å². The number of rotatable bonds is 4. The van der Waals surface area contributed by atoms with Gasteiger partial charge in [-0.1, -0.05) is 11.6 Å². The van der Waals surface area contributed by atoms with Crippen molar-refractivity contribution in [2.75, 3.05) is 0 Å². The molecular formula is C18H22N4O. The van der Waals surface area contributed by atoms with Gasteiger partial charge in [0.2, 0.25) is 0 Å². The van der Waals surface area contributed by atoms with Gasteiger partial charge in [-0.3, -0.25) is 0 Å². The van der Waals surface area contributed by atoms with E-state index in [1.807, 2.05) is 6.07 Å². The minimum Gasteiger partial charge on any atom is -0.460 e. The van der Waals surface area contributed by atoms with Crippen LogP contribution in [0.1, 0.15) is 48.8 Å². The molecule has 3 heterocycles. The molecule has 5 nitrogen and oxygen atoms in total. The molecule has 1 N–H and O–H groups in total. The molecule has 5 heteroatoms. The van der Waals surface area contributed by atoms with Crippen LogP contribution >= 0.6 is 0 Å². The maximum Gasteiger partial charge on any atom is 0.149 e. The SMILES string of the molecule is Cc1ccc2oc(CN[C@H](C)c3nnc4n3CCCC4)cc2c1. The lowest BCUT2D eigenvalue weighted by Crippen LogP contribution is -2.23. The number of nitrogens with one attached hydrogen (secondary N) is 1. The zero-order valence-electron chi connectivity index (χ0n) is 13.7. The summed E-state index contributed by atoms with van der Waals surface area (Å²) in [5.41, 5.74) is 2.20. The quantitative estimate of drug-likeness (QED) is 0.801. The standard InChI is InChI=1S/C18H22N4O/c1-12-6-7-16-14(9-12)10-15(23-16)11-19-13(2)18-21-20-17-5-3-4-8-22(17)18/h6-7,9-10,13,19H,3-5,8,11H2,1-2H3/t13-/m1/s1. The van der Waals surface area contributed by atoms with E-state index in [9.17, 15) is 0 Å². The van der Waals surface area contributed by atoms with Gasteiger partial charge < -0.3 is 14.3 Å². The first-order valence-corrected chi connectivity index (χ1v) is 8.35. The Hall–Kier alpha value is -2.14. The number of nitrogens with zero attached hydrogens (tertiary/aromatic N) is 3. The van der Waals surface area contributed by atoms with Gasteiger partial charge in [0.1, 0.15) is 23.0 Å². The van der Waals surface area contributed by atoms with Crippen molar-refractivity contribution in [1.82, 2.24) is 20.1 Å². The van der Waals surface area contributed by atoms with E-state index >= 15 is 0 Å². The van der Waals surface area contributed by atoms with Crippen LogP contribution in [-0.2, 0) is 19.5 Å². The Labute approximate surface area is 135 Å². The van der Waals surface area contributed by atoms with E-state index < -0.39 is 0 Å². The molecule has 0 saturated carbocycles. The van der Waals surface area contributed by atoms with E-state index in [-0.39, 0.29) is 6.04 Å². The van der Waals surface area contributed by atoms with E-state index in [1.54, 1.807) is 0 Å². The molecule has 0 spiro atoms. The molecule has 0 aliphatic carbocycles. The first-order valence-electron chi connectivity index (χ1n) is 8.35. The van der Waals surface area contributed by atoms with Crippen LogP contribution in [0, 0.1) is 6.92 Å². The number of benzene rings is 1. The van der Waals surface area contributed by atoms with E-state index in [0.717, 1.165) is 41.3 Å². The number of aryl methyl sites for hydroxylation is 2. The third-order valence-corrected chi connectivity index (χ3v) is 4.58. The van der Waals surface area contributed by atoms with Gasteiger partial charge in [-0.2, -0.15) is 0 Å². The lowest BCUT2D eigenvalue weighted by atomic mass is 10.1. The number of fused-ring (bicyclic) bond motifs is 2. The Bertz CT molecular complexity index is 833. The minimum atomic E-state index is 0.157. The molecule has 0 radical (unpaired) electrons. The van der Waals surface area contributed by atoms with Crippen LogP contribution in [0.4, 0.5) is 0 Å². The molecule has 1 atom stereocenters. The summed E-state index contributed by atoms with van der Waals surface area (Å²) in [6.07, 6.45) is 3.48. The van der Waals surface area contributed by atoms with Crippen LogP contribution in [0.2, 0.25) is 0 Å². The van der Waals surface area contributed by atoms with Crippen molar-refractivity contribution < 1.29 is 4.42 Å². The number of hydrogen-bond donors (Lipinski definition) is 1. The zero-order valence-corrected chi connectivity index (χ0v) is 13.7. The normalized spacial score (nSPS) is 15.7. The van der Waals surface area contributed by atoms with Crippen molar-refractivity contribution in [3.05, 3.63) is 47.2 Å². The molecule has 0 fully saturated rings. The molecule has 1 aliphatic heterocycles. The second-order valence-corrected chi connectivity index (χ2v) is 6.44. The second-order valence-electron chi connectivity index (χ2n) is 6.44. The largest absolute Gasteiger partial charge is 0.460 e. The molecule has 120 valence electrons. The predicted octanol–water partition coefficient (Wildman–Crippen LogP) is 3.52. The molecule has 0 bridgehead atoms. The van der Waals surface area contributed by atoms with Crippen molar-refractivity contribution in [2.45, 2.75) is 52.2 Å². The Morgan fingerprint density at radius 2 is 2.17 bits per heavy atom.